The first-order valence-corrected chi connectivity index (χ1v) is 6.96. The molecule has 0 aliphatic heterocycles. The van der Waals surface area contributed by atoms with Crippen molar-refractivity contribution in [1.82, 2.24) is 0 Å². The average Bonchev–Trinajstić information content (AvgIpc) is 2.38. The highest BCUT2D eigenvalue weighted by molar-refractivity contribution is 5.52. The van der Waals surface area contributed by atoms with Gasteiger partial charge in [-0.2, -0.15) is 0 Å². The van der Waals surface area contributed by atoms with E-state index in [1.165, 1.54) is 27.9 Å². The van der Waals surface area contributed by atoms with Gasteiger partial charge in [-0.05, 0) is 42.5 Å². The fraction of sp³-hybridized carbons (Fsp3) is 0.333. The van der Waals surface area contributed by atoms with Gasteiger partial charge in [0.05, 0.1) is 0 Å². The topological polar surface area (TPSA) is 12.0 Å². The maximum absolute atomic E-state index is 3.51. The second kappa shape index (κ2) is 5.92. The molecule has 0 aliphatic rings. The zero-order valence-electron chi connectivity index (χ0n) is 12.3. The molecular weight excluding hydrogens is 230 g/mol. The van der Waals surface area contributed by atoms with Crippen LogP contribution in [0.1, 0.15) is 42.0 Å². The first-order valence-electron chi connectivity index (χ1n) is 6.96. The molecule has 2 aromatic carbocycles. The number of benzene rings is 2. The van der Waals surface area contributed by atoms with E-state index in [1.54, 1.807) is 0 Å². The van der Waals surface area contributed by atoms with Gasteiger partial charge in [0.1, 0.15) is 0 Å². The molecular formula is C18H23N. The lowest BCUT2D eigenvalue weighted by atomic mass is 10.0. The quantitative estimate of drug-likeness (QED) is 0.805. The fourth-order valence-electron chi connectivity index (χ4n) is 2.23. The molecule has 0 radical (unpaired) electrons. The van der Waals surface area contributed by atoms with Crippen LogP contribution in [-0.4, -0.2) is 0 Å². The van der Waals surface area contributed by atoms with Crippen LogP contribution >= 0.6 is 0 Å². The smallest absolute Gasteiger partial charge is 0.0400 e. The molecule has 1 N–H and O–H groups in total. The van der Waals surface area contributed by atoms with Crippen LogP contribution in [-0.2, 0) is 6.54 Å². The second-order valence-corrected chi connectivity index (χ2v) is 5.57. The van der Waals surface area contributed by atoms with Crippen LogP contribution in [0.4, 0.5) is 5.69 Å². The summed E-state index contributed by atoms with van der Waals surface area (Å²) in [5.41, 5.74) is 6.56. The van der Waals surface area contributed by atoms with Gasteiger partial charge in [0.25, 0.3) is 0 Å². The molecule has 19 heavy (non-hydrogen) atoms. The molecule has 0 bridgehead atoms. The standard InChI is InChI=1S/C18H23N/c1-13(2)17-8-6-16(7-9-17)12-19-18-10-5-14(3)11-15(18)4/h5-11,13,19H,12H2,1-4H3. The van der Waals surface area contributed by atoms with Crippen molar-refractivity contribution in [3.8, 4) is 0 Å². The molecule has 0 saturated carbocycles. The van der Waals surface area contributed by atoms with Gasteiger partial charge in [-0.15, -0.1) is 0 Å². The summed E-state index contributed by atoms with van der Waals surface area (Å²) in [5, 5.41) is 3.51. The van der Waals surface area contributed by atoms with E-state index in [4.69, 9.17) is 0 Å². The van der Waals surface area contributed by atoms with E-state index in [2.05, 4.69) is 75.5 Å². The highest BCUT2D eigenvalue weighted by Gasteiger charge is 2.00. The van der Waals surface area contributed by atoms with Crippen LogP contribution in [0, 0.1) is 13.8 Å². The third-order valence-corrected chi connectivity index (χ3v) is 3.51. The van der Waals surface area contributed by atoms with Crippen LogP contribution in [0.2, 0.25) is 0 Å². The molecule has 1 nitrogen and oxygen atoms in total. The lowest BCUT2D eigenvalue weighted by Gasteiger charge is -2.11. The molecule has 0 spiro atoms. The SMILES string of the molecule is Cc1ccc(NCc2ccc(C(C)C)cc2)c(C)c1. The molecule has 100 valence electrons. The number of rotatable bonds is 4. The lowest BCUT2D eigenvalue weighted by Crippen LogP contribution is -2.01. The molecule has 0 aliphatic carbocycles. The van der Waals surface area contributed by atoms with E-state index in [0.29, 0.717) is 5.92 Å². The van der Waals surface area contributed by atoms with Gasteiger partial charge >= 0.3 is 0 Å². The molecule has 1 heteroatoms. The Morgan fingerprint density at radius 1 is 0.947 bits per heavy atom. The summed E-state index contributed by atoms with van der Waals surface area (Å²) in [7, 11) is 0. The van der Waals surface area contributed by atoms with Crippen molar-refractivity contribution in [2.75, 3.05) is 5.32 Å². The maximum atomic E-state index is 3.51. The third-order valence-electron chi connectivity index (χ3n) is 3.51. The number of hydrogen-bond donors (Lipinski definition) is 1. The molecule has 0 aromatic heterocycles. The summed E-state index contributed by atoms with van der Waals surface area (Å²) < 4.78 is 0. The van der Waals surface area contributed by atoms with Gasteiger partial charge in [0, 0.05) is 12.2 Å². The van der Waals surface area contributed by atoms with E-state index < -0.39 is 0 Å². The lowest BCUT2D eigenvalue weighted by molar-refractivity contribution is 0.865. The van der Waals surface area contributed by atoms with E-state index in [1.807, 2.05) is 0 Å². The van der Waals surface area contributed by atoms with Gasteiger partial charge < -0.3 is 5.32 Å². The molecule has 0 heterocycles. The molecule has 2 aromatic rings. The van der Waals surface area contributed by atoms with E-state index in [0.717, 1.165) is 6.54 Å². The van der Waals surface area contributed by atoms with Gasteiger partial charge in [-0.3, -0.25) is 0 Å². The minimum Gasteiger partial charge on any atom is -0.381 e. The predicted molar refractivity (Wildman–Crippen MR) is 83.8 cm³/mol. The minimum absolute atomic E-state index is 0.598. The minimum atomic E-state index is 0.598. The van der Waals surface area contributed by atoms with E-state index in [-0.39, 0.29) is 0 Å². The number of hydrogen-bond acceptors (Lipinski definition) is 1. The summed E-state index contributed by atoms with van der Waals surface area (Å²) in [4.78, 5) is 0. The predicted octanol–water partition coefficient (Wildman–Crippen LogP) is 5.04. The normalized spacial score (nSPS) is 10.8. The highest BCUT2D eigenvalue weighted by atomic mass is 14.9. The Morgan fingerprint density at radius 2 is 1.63 bits per heavy atom. The van der Waals surface area contributed by atoms with Crippen LogP contribution in [0.15, 0.2) is 42.5 Å². The number of aryl methyl sites for hydroxylation is 2. The summed E-state index contributed by atoms with van der Waals surface area (Å²) in [6.45, 7) is 9.60. The zero-order chi connectivity index (χ0) is 13.8. The third kappa shape index (κ3) is 3.60. The van der Waals surface area contributed by atoms with Crippen LogP contribution in [0.25, 0.3) is 0 Å². The first-order chi connectivity index (χ1) is 9.06. The molecule has 0 unspecified atom stereocenters. The van der Waals surface area contributed by atoms with Gasteiger partial charge in [-0.25, -0.2) is 0 Å². The fourth-order valence-corrected chi connectivity index (χ4v) is 2.23. The largest absolute Gasteiger partial charge is 0.381 e. The highest BCUT2D eigenvalue weighted by Crippen LogP contribution is 2.18. The van der Waals surface area contributed by atoms with Crippen molar-refractivity contribution in [2.45, 2.75) is 40.2 Å². The average molecular weight is 253 g/mol. The Labute approximate surface area is 116 Å². The van der Waals surface area contributed by atoms with Crippen LogP contribution in [0.3, 0.4) is 0 Å². The summed E-state index contributed by atoms with van der Waals surface area (Å²) in [5.74, 6) is 0.598. The summed E-state index contributed by atoms with van der Waals surface area (Å²) in [6.07, 6.45) is 0. The van der Waals surface area contributed by atoms with Crippen molar-refractivity contribution in [1.29, 1.82) is 0 Å². The van der Waals surface area contributed by atoms with E-state index in [9.17, 15) is 0 Å². The second-order valence-electron chi connectivity index (χ2n) is 5.57. The van der Waals surface area contributed by atoms with Crippen LogP contribution < -0.4 is 5.32 Å². The Balaban J connectivity index is 2.02. The Bertz CT molecular complexity index is 538. The summed E-state index contributed by atoms with van der Waals surface area (Å²) in [6, 6.07) is 15.4. The number of nitrogens with one attached hydrogen (secondary N) is 1. The van der Waals surface area contributed by atoms with Crippen LogP contribution in [0.5, 0.6) is 0 Å². The maximum Gasteiger partial charge on any atom is 0.0400 e. The Hall–Kier alpha value is -1.76. The molecule has 0 amide bonds. The monoisotopic (exact) mass is 253 g/mol. The van der Waals surface area contributed by atoms with Crippen molar-refractivity contribution in [3.05, 3.63) is 64.7 Å². The van der Waals surface area contributed by atoms with Crippen molar-refractivity contribution < 1.29 is 0 Å². The molecule has 0 atom stereocenters. The van der Waals surface area contributed by atoms with Crippen molar-refractivity contribution >= 4 is 5.69 Å². The van der Waals surface area contributed by atoms with Crippen molar-refractivity contribution in [3.63, 3.8) is 0 Å². The van der Waals surface area contributed by atoms with Gasteiger partial charge in [-0.1, -0.05) is 55.8 Å². The Morgan fingerprint density at radius 3 is 2.21 bits per heavy atom. The van der Waals surface area contributed by atoms with Gasteiger partial charge in [0.2, 0.25) is 0 Å². The Kier molecular flexibility index (Phi) is 4.26. The zero-order valence-corrected chi connectivity index (χ0v) is 12.3. The summed E-state index contributed by atoms with van der Waals surface area (Å²) >= 11 is 0. The van der Waals surface area contributed by atoms with E-state index >= 15 is 0 Å². The molecule has 2 rings (SSSR count). The van der Waals surface area contributed by atoms with Crippen molar-refractivity contribution in [2.24, 2.45) is 0 Å². The molecule has 0 saturated heterocycles. The number of anilines is 1. The van der Waals surface area contributed by atoms with Gasteiger partial charge in [0.15, 0.2) is 0 Å². The molecule has 0 fully saturated rings. The first kappa shape index (κ1) is 13.7.